The Labute approximate surface area is 124 Å². The molecule has 4 nitrogen and oxygen atoms in total. The Kier molecular flexibility index (Phi) is 5.33. The predicted octanol–water partition coefficient (Wildman–Crippen LogP) is 1.70. The number of aryl methyl sites for hydroxylation is 1. The average Bonchev–Trinajstić information content (AvgIpc) is 2.77. The van der Waals surface area contributed by atoms with Gasteiger partial charge in [-0.05, 0) is 36.8 Å². The quantitative estimate of drug-likeness (QED) is 0.869. The molecule has 1 amide bonds. The van der Waals surface area contributed by atoms with Gasteiger partial charge in [0.05, 0.1) is 11.5 Å². The highest BCUT2D eigenvalue weighted by atomic mass is 32.2. The Bertz CT molecular complexity index is 601. The zero-order valence-corrected chi connectivity index (χ0v) is 12.7. The van der Waals surface area contributed by atoms with Gasteiger partial charge in [0.15, 0.2) is 9.84 Å². The van der Waals surface area contributed by atoms with Crippen molar-refractivity contribution < 1.29 is 17.6 Å². The van der Waals surface area contributed by atoms with E-state index in [1.54, 1.807) is 18.2 Å². The van der Waals surface area contributed by atoms with Gasteiger partial charge in [-0.3, -0.25) is 4.79 Å². The van der Waals surface area contributed by atoms with E-state index in [9.17, 15) is 17.6 Å². The fourth-order valence-electron chi connectivity index (χ4n) is 2.55. The first-order chi connectivity index (χ1) is 9.96. The van der Waals surface area contributed by atoms with Gasteiger partial charge in [-0.15, -0.1) is 0 Å². The number of amides is 1. The number of rotatable bonds is 6. The van der Waals surface area contributed by atoms with Gasteiger partial charge in [-0.1, -0.05) is 18.2 Å². The van der Waals surface area contributed by atoms with Gasteiger partial charge in [0.2, 0.25) is 5.91 Å². The monoisotopic (exact) mass is 313 g/mol. The molecule has 0 saturated carbocycles. The molecule has 1 aromatic carbocycles. The number of hydrogen-bond donors (Lipinski definition) is 1. The maximum absolute atomic E-state index is 13.4. The summed E-state index contributed by atoms with van der Waals surface area (Å²) in [5, 5.41) is 2.77. The predicted molar refractivity (Wildman–Crippen MR) is 79.1 cm³/mol. The maximum Gasteiger partial charge on any atom is 0.220 e. The third kappa shape index (κ3) is 5.12. The molecule has 1 fully saturated rings. The number of nitrogens with one attached hydrogen (secondary N) is 1. The Balaban J connectivity index is 1.65. The number of hydrogen-bond acceptors (Lipinski definition) is 3. The molecule has 1 aliphatic rings. The van der Waals surface area contributed by atoms with E-state index in [1.807, 2.05) is 0 Å². The number of benzene rings is 1. The molecule has 1 saturated heterocycles. The first kappa shape index (κ1) is 15.9. The molecule has 1 aliphatic heterocycles. The molecular formula is C15H20FNO3S. The van der Waals surface area contributed by atoms with E-state index in [2.05, 4.69) is 5.32 Å². The number of sulfone groups is 1. The van der Waals surface area contributed by atoms with E-state index in [4.69, 9.17) is 0 Å². The van der Waals surface area contributed by atoms with Crippen LogP contribution in [0.4, 0.5) is 4.39 Å². The van der Waals surface area contributed by atoms with E-state index in [0.29, 0.717) is 31.4 Å². The van der Waals surface area contributed by atoms with Crippen molar-refractivity contribution in [2.24, 2.45) is 5.92 Å². The summed E-state index contributed by atoms with van der Waals surface area (Å²) < 4.78 is 36.0. The average molecular weight is 313 g/mol. The largest absolute Gasteiger partial charge is 0.356 e. The lowest BCUT2D eigenvalue weighted by atomic mass is 10.1. The molecule has 0 radical (unpaired) electrons. The van der Waals surface area contributed by atoms with Crippen molar-refractivity contribution >= 4 is 15.7 Å². The van der Waals surface area contributed by atoms with Gasteiger partial charge >= 0.3 is 0 Å². The fraction of sp³-hybridized carbons (Fsp3) is 0.533. The van der Waals surface area contributed by atoms with Gasteiger partial charge in [-0.2, -0.15) is 0 Å². The summed E-state index contributed by atoms with van der Waals surface area (Å²) in [4.78, 5) is 11.7. The smallest absolute Gasteiger partial charge is 0.220 e. The molecule has 1 unspecified atom stereocenters. The normalized spacial score (nSPS) is 20.3. The molecule has 0 aromatic heterocycles. The molecule has 0 aliphatic carbocycles. The molecule has 2 rings (SSSR count). The molecule has 0 bridgehead atoms. The zero-order chi connectivity index (χ0) is 15.3. The van der Waals surface area contributed by atoms with Crippen LogP contribution in [-0.2, 0) is 21.1 Å². The lowest BCUT2D eigenvalue weighted by Gasteiger charge is -2.09. The van der Waals surface area contributed by atoms with Gasteiger partial charge in [-0.25, -0.2) is 12.8 Å². The number of halogens is 1. The van der Waals surface area contributed by atoms with Crippen molar-refractivity contribution in [3.63, 3.8) is 0 Å². The molecule has 21 heavy (non-hydrogen) atoms. The summed E-state index contributed by atoms with van der Waals surface area (Å²) in [6, 6.07) is 6.42. The van der Waals surface area contributed by atoms with Crippen molar-refractivity contribution in [1.29, 1.82) is 0 Å². The zero-order valence-electron chi connectivity index (χ0n) is 11.8. The highest BCUT2D eigenvalue weighted by Crippen LogP contribution is 2.20. The maximum atomic E-state index is 13.4. The number of carbonyl (C=O) groups excluding carboxylic acids is 1. The molecule has 1 atom stereocenters. The van der Waals surface area contributed by atoms with Gasteiger partial charge in [0, 0.05) is 13.0 Å². The summed E-state index contributed by atoms with van der Waals surface area (Å²) in [7, 11) is -2.85. The molecule has 1 aromatic rings. The Hall–Kier alpha value is -1.43. The van der Waals surface area contributed by atoms with Crippen LogP contribution in [0.3, 0.4) is 0 Å². The highest BCUT2D eigenvalue weighted by molar-refractivity contribution is 7.91. The fourth-order valence-corrected chi connectivity index (χ4v) is 4.46. The summed E-state index contributed by atoms with van der Waals surface area (Å²) in [6.45, 7) is 0.482. The van der Waals surface area contributed by atoms with Crippen LogP contribution in [0.15, 0.2) is 24.3 Å². The van der Waals surface area contributed by atoms with E-state index >= 15 is 0 Å². The molecule has 116 valence electrons. The second-order valence-electron chi connectivity index (χ2n) is 5.50. The van der Waals surface area contributed by atoms with E-state index < -0.39 is 9.84 Å². The van der Waals surface area contributed by atoms with E-state index in [1.165, 1.54) is 6.07 Å². The number of carbonyl (C=O) groups is 1. The van der Waals surface area contributed by atoms with Crippen LogP contribution in [0.5, 0.6) is 0 Å². The lowest BCUT2D eigenvalue weighted by Crippen LogP contribution is -2.26. The van der Waals surface area contributed by atoms with Crippen molar-refractivity contribution in [3.8, 4) is 0 Å². The third-order valence-electron chi connectivity index (χ3n) is 3.78. The van der Waals surface area contributed by atoms with Crippen LogP contribution in [0.25, 0.3) is 0 Å². The second-order valence-corrected chi connectivity index (χ2v) is 7.73. The first-order valence-corrected chi connectivity index (χ1v) is 8.99. The van der Waals surface area contributed by atoms with Gasteiger partial charge < -0.3 is 5.32 Å². The third-order valence-corrected chi connectivity index (χ3v) is 5.62. The van der Waals surface area contributed by atoms with Gasteiger partial charge in [0.25, 0.3) is 0 Å². The summed E-state index contributed by atoms with van der Waals surface area (Å²) >= 11 is 0. The Morgan fingerprint density at radius 2 is 2.10 bits per heavy atom. The Morgan fingerprint density at radius 1 is 1.33 bits per heavy atom. The van der Waals surface area contributed by atoms with Crippen LogP contribution in [-0.4, -0.2) is 32.4 Å². The molecular weight excluding hydrogens is 293 g/mol. The summed E-state index contributed by atoms with van der Waals surface area (Å²) in [5.74, 6) is 0.235. The minimum atomic E-state index is -2.85. The van der Waals surface area contributed by atoms with E-state index in [0.717, 1.165) is 0 Å². The van der Waals surface area contributed by atoms with Crippen molar-refractivity contribution in [3.05, 3.63) is 35.6 Å². The molecule has 1 heterocycles. The SMILES string of the molecule is O=C(CCc1ccccc1F)NCCC1CCS(=O)(=O)C1. The Morgan fingerprint density at radius 3 is 2.76 bits per heavy atom. The van der Waals surface area contributed by atoms with Gasteiger partial charge in [0.1, 0.15) is 5.82 Å². The van der Waals surface area contributed by atoms with E-state index in [-0.39, 0.29) is 35.6 Å². The standard InChI is InChI=1S/C15H20FNO3S/c16-14-4-2-1-3-13(14)5-6-15(18)17-9-7-12-8-10-21(19,20)11-12/h1-4,12H,5-11H2,(H,17,18). The van der Waals surface area contributed by atoms with Crippen LogP contribution in [0, 0.1) is 11.7 Å². The summed E-state index contributed by atoms with van der Waals surface area (Å²) in [6.07, 6.45) is 1.98. The minimum Gasteiger partial charge on any atom is -0.356 e. The molecule has 6 heteroatoms. The van der Waals surface area contributed by atoms with Crippen LogP contribution in [0.2, 0.25) is 0 Å². The molecule has 0 spiro atoms. The highest BCUT2D eigenvalue weighted by Gasteiger charge is 2.27. The minimum absolute atomic E-state index is 0.126. The van der Waals surface area contributed by atoms with Crippen LogP contribution in [0.1, 0.15) is 24.8 Å². The second kappa shape index (κ2) is 7.02. The lowest BCUT2D eigenvalue weighted by molar-refractivity contribution is -0.121. The summed E-state index contributed by atoms with van der Waals surface area (Å²) in [5.41, 5.74) is 0.537. The van der Waals surface area contributed by atoms with Crippen molar-refractivity contribution in [2.75, 3.05) is 18.1 Å². The molecule has 1 N–H and O–H groups in total. The van der Waals surface area contributed by atoms with Crippen LogP contribution < -0.4 is 5.32 Å². The van der Waals surface area contributed by atoms with Crippen LogP contribution >= 0.6 is 0 Å². The van der Waals surface area contributed by atoms with Crippen molar-refractivity contribution in [1.82, 2.24) is 5.32 Å². The first-order valence-electron chi connectivity index (χ1n) is 7.17. The van der Waals surface area contributed by atoms with Crippen molar-refractivity contribution in [2.45, 2.75) is 25.7 Å². The topological polar surface area (TPSA) is 63.2 Å².